The molecule has 0 fully saturated rings. The Hall–Kier alpha value is -4.72. The molecule has 0 aliphatic carbocycles. The summed E-state index contributed by atoms with van der Waals surface area (Å²) in [5.41, 5.74) is 3.01. The van der Waals surface area contributed by atoms with Gasteiger partial charge < -0.3 is 0 Å². The van der Waals surface area contributed by atoms with Gasteiger partial charge in [-0.2, -0.15) is 0 Å². The van der Waals surface area contributed by atoms with E-state index < -0.39 is 0 Å². The Labute approximate surface area is 176 Å². The second kappa shape index (κ2) is 5.12. The highest BCUT2D eigenvalue weighted by atomic mass is 16.1. The largest absolute Gasteiger partial charge is 0.268 e. The summed E-state index contributed by atoms with van der Waals surface area (Å²) < 4.78 is 3.11. The first kappa shape index (κ1) is 16.0. The molecule has 0 aliphatic rings. The van der Waals surface area contributed by atoms with Gasteiger partial charge in [0.2, 0.25) is 0 Å². The highest BCUT2D eigenvalue weighted by molar-refractivity contribution is 6.27. The van der Waals surface area contributed by atoms with Crippen molar-refractivity contribution in [2.75, 3.05) is 0 Å². The molecule has 0 radical (unpaired) electrons. The predicted molar refractivity (Wildman–Crippen MR) is 122 cm³/mol. The van der Waals surface area contributed by atoms with Crippen LogP contribution in [0.4, 0.5) is 0 Å². The molecule has 0 aliphatic heterocycles. The zero-order valence-corrected chi connectivity index (χ0v) is 16.3. The Kier molecular flexibility index (Phi) is 2.56. The Morgan fingerprint density at radius 1 is 0.531 bits per heavy atom. The van der Waals surface area contributed by atoms with E-state index in [1.54, 1.807) is 45.5 Å². The minimum absolute atomic E-state index is 0.203. The summed E-state index contributed by atoms with van der Waals surface area (Å²) >= 11 is 0. The molecule has 6 aromatic heterocycles. The van der Waals surface area contributed by atoms with Crippen LogP contribution in [0, 0.1) is 0 Å². The first-order valence-corrected chi connectivity index (χ1v) is 10.1. The SMILES string of the molecule is O=c1c2ccc3c(=O)n4c5ncccc5nc4c4ccc(c2c34)c2nc3cccnc3n12. The summed E-state index contributed by atoms with van der Waals surface area (Å²) in [5.74, 6) is 0. The van der Waals surface area contributed by atoms with Gasteiger partial charge in [-0.1, -0.05) is 0 Å². The molecule has 8 heteroatoms. The van der Waals surface area contributed by atoms with Crippen LogP contribution in [-0.2, 0) is 0 Å². The molecular formula is C24H10N6O2. The molecule has 0 saturated heterocycles. The lowest BCUT2D eigenvalue weighted by Crippen LogP contribution is -2.17. The van der Waals surface area contributed by atoms with Crippen LogP contribution in [0.1, 0.15) is 0 Å². The van der Waals surface area contributed by atoms with Gasteiger partial charge >= 0.3 is 0 Å². The van der Waals surface area contributed by atoms with E-state index in [2.05, 4.69) is 9.97 Å². The summed E-state index contributed by atoms with van der Waals surface area (Å²) in [6, 6.07) is 14.6. The molecule has 0 bridgehead atoms. The van der Waals surface area contributed by atoms with Gasteiger partial charge in [0.1, 0.15) is 22.3 Å². The van der Waals surface area contributed by atoms with Crippen molar-refractivity contribution < 1.29 is 0 Å². The maximum absolute atomic E-state index is 13.5. The Morgan fingerprint density at radius 3 is 1.44 bits per heavy atom. The zero-order chi connectivity index (χ0) is 21.1. The molecular weight excluding hydrogens is 404 g/mol. The number of aromatic nitrogens is 6. The van der Waals surface area contributed by atoms with Gasteiger partial charge in [0.15, 0.2) is 11.3 Å². The molecule has 148 valence electrons. The Morgan fingerprint density at radius 2 is 0.969 bits per heavy atom. The third-order valence-corrected chi connectivity index (χ3v) is 6.34. The third kappa shape index (κ3) is 1.64. The van der Waals surface area contributed by atoms with Crippen molar-refractivity contribution in [2.24, 2.45) is 0 Å². The molecule has 8 aromatic rings. The molecule has 8 rings (SSSR count). The maximum atomic E-state index is 13.5. The lowest BCUT2D eigenvalue weighted by molar-refractivity contribution is 1.14. The molecule has 0 spiro atoms. The van der Waals surface area contributed by atoms with Crippen molar-refractivity contribution in [2.45, 2.75) is 0 Å². The average molecular weight is 414 g/mol. The van der Waals surface area contributed by atoms with Crippen LogP contribution < -0.4 is 11.1 Å². The van der Waals surface area contributed by atoms with E-state index in [0.29, 0.717) is 44.4 Å². The molecule has 8 nitrogen and oxygen atoms in total. The van der Waals surface area contributed by atoms with Crippen LogP contribution in [0.5, 0.6) is 0 Å². The number of hydrogen-bond acceptors (Lipinski definition) is 6. The summed E-state index contributed by atoms with van der Waals surface area (Å²) in [6.45, 7) is 0. The monoisotopic (exact) mass is 414 g/mol. The zero-order valence-electron chi connectivity index (χ0n) is 16.3. The first-order chi connectivity index (χ1) is 15.7. The van der Waals surface area contributed by atoms with Crippen molar-refractivity contribution in [3.63, 3.8) is 0 Å². The van der Waals surface area contributed by atoms with Crippen LogP contribution in [0.15, 0.2) is 70.5 Å². The quantitative estimate of drug-likeness (QED) is 0.354. The van der Waals surface area contributed by atoms with Gasteiger partial charge in [-0.25, -0.2) is 28.7 Å². The third-order valence-electron chi connectivity index (χ3n) is 6.34. The smallest absolute Gasteiger partial charge is 0.265 e. The predicted octanol–water partition coefficient (Wildman–Crippen LogP) is 3.13. The number of rotatable bonds is 0. The first-order valence-electron chi connectivity index (χ1n) is 10.1. The van der Waals surface area contributed by atoms with Gasteiger partial charge in [-0.15, -0.1) is 0 Å². The fourth-order valence-corrected chi connectivity index (χ4v) is 5.04. The molecule has 0 atom stereocenters. The van der Waals surface area contributed by atoms with E-state index in [0.717, 1.165) is 21.5 Å². The van der Waals surface area contributed by atoms with Crippen LogP contribution in [0.3, 0.4) is 0 Å². The second-order valence-corrected chi connectivity index (χ2v) is 7.92. The lowest BCUT2D eigenvalue weighted by atomic mass is 9.96. The Bertz CT molecular complexity index is 2040. The average Bonchev–Trinajstić information content (AvgIpc) is 3.40. The van der Waals surface area contributed by atoms with E-state index in [-0.39, 0.29) is 11.1 Å². The lowest BCUT2D eigenvalue weighted by Gasteiger charge is -2.11. The van der Waals surface area contributed by atoms with Crippen molar-refractivity contribution >= 4 is 65.9 Å². The molecule has 0 N–H and O–H groups in total. The minimum Gasteiger partial charge on any atom is -0.268 e. The molecule has 0 saturated carbocycles. The van der Waals surface area contributed by atoms with Crippen LogP contribution in [-0.4, -0.2) is 28.7 Å². The second-order valence-electron chi connectivity index (χ2n) is 7.92. The van der Waals surface area contributed by atoms with E-state index in [9.17, 15) is 9.59 Å². The van der Waals surface area contributed by atoms with Crippen LogP contribution >= 0.6 is 0 Å². The van der Waals surface area contributed by atoms with Crippen LogP contribution in [0.2, 0.25) is 0 Å². The number of nitrogens with zero attached hydrogens (tertiary/aromatic N) is 6. The topological polar surface area (TPSA) is 94.5 Å². The fraction of sp³-hybridized carbons (Fsp3) is 0. The van der Waals surface area contributed by atoms with E-state index in [1.807, 2.05) is 24.3 Å². The number of imidazole rings is 2. The van der Waals surface area contributed by atoms with Gasteiger partial charge in [0, 0.05) is 44.7 Å². The molecule has 32 heavy (non-hydrogen) atoms. The molecule has 2 aromatic carbocycles. The number of hydrogen-bond donors (Lipinski definition) is 0. The summed E-state index contributed by atoms with van der Waals surface area (Å²) in [6.07, 6.45) is 3.30. The molecule has 0 amide bonds. The van der Waals surface area contributed by atoms with E-state index in [4.69, 9.17) is 9.97 Å². The normalized spacial score (nSPS) is 12.6. The number of fused-ring (bicyclic) bond motifs is 8. The molecule has 0 unspecified atom stereocenters. The Balaban J connectivity index is 1.74. The summed E-state index contributed by atoms with van der Waals surface area (Å²) in [5, 5.41) is 4.10. The van der Waals surface area contributed by atoms with Crippen LogP contribution in [0.25, 0.3) is 65.9 Å². The van der Waals surface area contributed by atoms with Gasteiger partial charge in [-0.3, -0.25) is 9.59 Å². The minimum atomic E-state index is -0.203. The van der Waals surface area contributed by atoms with Crippen molar-refractivity contribution in [3.05, 3.63) is 81.6 Å². The summed E-state index contributed by atoms with van der Waals surface area (Å²) in [4.78, 5) is 45.2. The highest BCUT2D eigenvalue weighted by Crippen LogP contribution is 2.36. The standard InChI is InChI=1S/C24H10N6O2/c31-23-13-7-8-14-18-12(20-28-16-4-2-10-26-22(16)30(20)24(14)32)6-5-11(17(13)18)19-27-15-3-1-9-25-21(15)29(19)23/h1-10H. The maximum Gasteiger partial charge on any atom is 0.265 e. The summed E-state index contributed by atoms with van der Waals surface area (Å²) in [7, 11) is 0. The van der Waals surface area contributed by atoms with Crippen molar-refractivity contribution in [1.82, 2.24) is 28.7 Å². The van der Waals surface area contributed by atoms with Gasteiger partial charge in [0.25, 0.3) is 11.1 Å². The highest BCUT2D eigenvalue weighted by Gasteiger charge is 2.22. The van der Waals surface area contributed by atoms with Crippen molar-refractivity contribution in [1.29, 1.82) is 0 Å². The van der Waals surface area contributed by atoms with E-state index in [1.165, 1.54) is 0 Å². The number of benzene rings is 2. The number of pyridine rings is 4. The van der Waals surface area contributed by atoms with Gasteiger partial charge in [0.05, 0.1) is 0 Å². The fourth-order valence-electron chi connectivity index (χ4n) is 5.04. The van der Waals surface area contributed by atoms with Gasteiger partial charge in [-0.05, 0) is 48.5 Å². The van der Waals surface area contributed by atoms with Crippen molar-refractivity contribution in [3.8, 4) is 0 Å². The molecule has 6 heterocycles. The van der Waals surface area contributed by atoms with E-state index >= 15 is 0 Å².